The first-order valence-electron chi connectivity index (χ1n) is 11.6. The molecule has 186 valence electrons. The van der Waals surface area contributed by atoms with Crippen molar-refractivity contribution in [2.24, 2.45) is 5.11 Å². The van der Waals surface area contributed by atoms with Gasteiger partial charge in [-0.2, -0.15) is 0 Å². The molecule has 0 spiro atoms. The lowest BCUT2D eigenvalue weighted by molar-refractivity contribution is -0.270. The Balaban J connectivity index is 1.55. The van der Waals surface area contributed by atoms with Crippen molar-refractivity contribution < 1.29 is 28.8 Å². The number of esters is 1. The first-order chi connectivity index (χ1) is 17.7. The molecule has 0 radical (unpaired) electrons. The molecule has 4 rings (SSSR count). The van der Waals surface area contributed by atoms with Gasteiger partial charge in [0.15, 0.2) is 6.29 Å². The molecule has 0 aliphatic carbocycles. The molecule has 3 aromatic carbocycles. The Morgan fingerprint density at radius 3 is 1.94 bits per heavy atom. The van der Waals surface area contributed by atoms with E-state index in [0.717, 1.165) is 11.1 Å². The predicted molar refractivity (Wildman–Crippen MR) is 131 cm³/mol. The van der Waals surface area contributed by atoms with Crippen molar-refractivity contribution in [3.8, 4) is 0 Å². The van der Waals surface area contributed by atoms with Crippen LogP contribution in [-0.2, 0) is 32.2 Å². The van der Waals surface area contributed by atoms with Gasteiger partial charge in [0.2, 0.25) is 0 Å². The van der Waals surface area contributed by atoms with Crippen LogP contribution in [0.25, 0.3) is 10.4 Å². The molecular weight excluding hydrogens is 462 g/mol. The smallest absolute Gasteiger partial charge is 0.338 e. The Bertz CT molecular complexity index is 1140. The van der Waals surface area contributed by atoms with Crippen molar-refractivity contribution >= 4 is 5.97 Å². The van der Waals surface area contributed by atoms with E-state index >= 15 is 0 Å². The molecule has 5 atom stereocenters. The SMILES string of the molecule is [N-]=[N+]=N[C@H]1C(O)O[C@H](COC(=O)c2ccccc2)[C@@H](OCc2ccccc2)[C@@H]1OCc1ccccc1. The van der Waals surface area contributed by atoms with Crippen LogP contribution in [0.4, 0.5) is 0 Å². The largest absolute Gasteiger partial charge is 0.459 e. The first-order valence-corrected chi connectivity index (χ1v) is 11.6. The number of aliphatic hydroxyl groups is 1. The number of azide groups is 1. The molecule has 0 aromatic heterocycles. The summed E-state index contributed by atoms with van der Waals surface area (Å²) in [6.45, 7) is 0.206. The summed E-state index contributed by atoms with van der Waals surface area (Å²) in [6, 6.07) is 26.5. The summed E-state index contributed by atoms with van der Waals surface area (Å²) in [5, 5.41) is 14.4. The van der Waals surface area contributed by atoms with Gasteiger partial charge in [-0.1, -0.05) is 84.0 Å². The van der Waals surface area contributed by atoms with Crippen LogP contribution in [0.2, 0.25) is 0 Å². The van der Waals surface area contributed by atoms with E-state index in [2.05, 4.69) is 10.0 Å². The lowest BCUT2D eigenvalue weighted by Crippen LogP contribution is -2.59. The topological polar surface area (TPSA) is 123 Å². The van der Waals surface area contributed by atoms with E-state index in [1.54, 1.807) is 30.3 Å². The Morgan fingerprint density at radius 1 is 0.861 bits per heavy atom. The Kier molecular flexibility index (Phi) is 9.04. The molecule has 9 nitrogen and oxygen atoms in total. The van der Waals surface area contributed by atoms with E-state index in [1.165, 1.54) is 0 Å². The minimum atomic E-state index is -1.47. The molecule has 0 amide bonds. The number of hydrogen-bond acceptors (Lipinski definition) is 7. The van der Waals surface area contributed by atoms with Crippen LogP contribution in [0, 0.1) is 0 Å². The molecule has 1 aliphatic heterocycles. The quantitative estimate of drug-likeness (QED) is 0.195. The molecule has 1 N–H and O–H groups in total. The third-order valence-corrected chi connectivity index (χ3v) is 5.78. The molecule has 0 bridgehead atoms. The summed E-state index contributed by atoms with van der Waals surface area (Å²) < 4.78 is 23.6. The highest BCUT2D eigenvalue weighted by Gasteiger charge is 2.47. The minimum absolute atomic E-state index is 0.192. The van der Waals surface area contributed by atoms with Gasteiger partial charge in [-0.15, -0.1) is 0 Å². The molecule has 1 saturated heterocycles. The van der Waals surface area contributed by atoms with Crippen LogP contribution >= 0.6 is 0 Å². The van der Waals surface area contributed by atoms with E-state index in [9.17, 15) is 9.90 Å². The third kappa shape index (κ3) is 6.69. The zero-order valence-electron chi connectivity index (χ0n) is 19.5. The van der Waals surface area contributed by atoms with Crippen molar-refractivity contribution in [1.82, 2.24) is 0 Å². The number of benzene rings is 3. The number of carbonyl (C=O) groups excluding carboxylic acids is 1. The fourth-order valence-corrected chi connectivity index (χ4v) is 3.97. The van der Waals surface area contributed by atoms with Gasteiger partial charge >= 0.3 is 5.97 Å². The minimum Gasteiger partial charge on any atom is -0.459 e. The predicted octanol–water partition coefficient (Wildman–Crippen LogP) is 4.41. The highest BCUT2D eigenvalue weighted by atomic mass is 16.7. The number of aliphatic hydroxyl groups excluding tert-OH is 1. The van der Waals surface area contributed by atoms with Gasteiger partial charge in [-0.05, 0) is 28.8 Å². The molecule has 9 heteroatoms. The summed E-state index contributed by atoms with van der Waals surface area (Å²) in [5.74, 6) is -0.533. The summed E-state index contributed by atoms with van der Waals surface area (Å²) in [7, 11) is 0. The highest BCUT2D eigenvalue weighted by molar-refractivity contribution is 5.89. The molecular formula is C27H27N3O6. The van der Waals surface area contributed by atoms with E-state index in [-0.39, 0.29) is 19.8 Å². The summed E-state index contributed by atoms with van der Waals surface area (Å²) >= 11 is 0. The van der Waals surface area contributed by atoms with Gasteiger partial charge in [0.1, 0.15) is 31.0 Å². The summed E-state index contributed by atoms with van der Waals surface area (Å²) in [5.41, 5.74) is 11.3. The summed E-state index contributed by atoms with van der Waals surface area (Å²) in [6.07, 6.45) is -4.02. The maximum Gasteiger partial charge on any atom is 0.338 e. The second-order valence-electron chi connectivity index (χ2n) is 8.25. The number of rotatable bonds is 10. The molecule has 36 heavy (non-hydrogen) atoms. The number of hydrogen-bond donors (Lipinski definition) is 1. The average molecular weight is 490 g/mol. The van der Waals surface area contributed by atoms with E-state index < -0.39 is 36.6 Å². The van der Waals surface area contributed by atoms with Crippen LogP contribution in [-0.4, -0.2) is 48.3 Å². The lowest BCUT2D eigenvalue weighted by Gasteiger charge is -2.43. The van der Waals surface area contributed by atoms with Crippen LogP contribution in [0.15, 0.2) is 96.1 Å². The maximum atomic E-state index is 12.5. The number of nitrogens with zero attached hydrogens (tertiary/aromatic N) is 3. The van der Waals surface area contributed by atoms with Crippen molar-refractivity contribution in [2.75, 3.05) is 6.61 Å². The Hall–Kier alpha value is -3.72. The van der Waals surface area contributed by atoms with Crippen molar-refractivity contribution in [2.45, 2.75) is 43.9 Å². The van der Waals surface area contributed by atoms with Gasteiger partial charge in [0, 0.05) is 4.91 Å². The Labute approximate surface area is 208 Å². The second kappa shape index (κ2) is 12.8. The van der Waals surface area contributed by atoms with Crippen molar-refractivity contribution in [3.05, 3.63) is 118 Å². The monoisotopic (exact) mass is 489 g/mol. The van der Waals surface area contributed by atoms with Crippen molar-refractivity contribution in [3.63, 3.8) is 0 Å². The van der Waals surface area contributed by atoms with Gasteiger partial charge in [0.05, 0.1) is 18.8 Å². The maximum absolute atomic E-state index is 12.5. The van der Waals surface area contributed by atoms with E-state index in [0.29, 0.717) is 5.56 Å². The number of carbonyl (C=O) groups is 1. The summed E-state index contributed by atoms with van der Waals surface area (Å²) in [4.78, 5) is 15.4. The van der Waals surface area contributed by atoms with E-state index in [4.69, 9.17) is 24.5 Å². The molecule has 1 aliphatic rings. The molecule has 1 unspecified atom stereocenters. The number of ether oxygens (including phenoxy) is 4. The van der Waals surface area contributed by atoms with Gasteiger partial charge < -0.3 is 24.1 Å². The van der Waals surface area contributed by atoms with Crippen LogP contribution in [0.3, 0.4) is 0 Å². The van der Waals surface area contributed by atoms with Crippen LogP contribution < -0.4 is 0 Å². The zero-order chi connectivity index (χ0) is 25.2. The molecule has 0 saturated carbocycles. The second-order valence-corrected chi connectivity index (χ2v) is 8.25. The average Bonchev–Trinajstić information content (AvgIpc) is 2.93. The fourth-order valence-electron chi connectivity index (χ4n) is 3.97. The highest BCUT2D eigenvalue weighted by Crippen LogP contribution is 2.29. The molecule has 3 aromatic rings. The van der Waals surface area contributed by atoms with Gasteiger partial charge in [-0.3, -0.25) is 0 Å². The first kappa shape index (κ1) is 25.4. The van der Waals surface area contributed by atoms with Gasteiger partial charge in [-0.25, -0.2) is 4.79 Å². The standard InChI is InChI=1S/C27H27N3O6/c28-30-29-23-25(34-17-20-12-6-2-7-13-20)24(33-16-19-10-4-1-5-11-19)22(36-27(23)32)18-35-26(31)21-14-8-3-9-15-21/h1-15,22-25,27,32H,16-18H2/t22-,23-,24-,25-,27?/m1/s1. The fraction of sp³-hybridized carbons (Fsp3) is 0.296. The normalized spacial score (nSPS) is 23.4. The van der Waals surface area contributed by atoms with Crippen LogP contribution in [0.5, 0.6) is 0 Å². The van der Waals surface area contributed by atoms with Crippen molar-refractivity contribution in [1.29, 1.82) is 0 Å². The third-order valence-electron chi connectivity index (χ3n) is 5.78. The Morgan fingerprint density at radius 2 is 1.39 bits per heavy atom. The zero-order valence-corrected chi connectivity index (χ0v) is 19.5. The molecule has 1 fully saturated rings. The van der Waals surface area contributed by atoms with E-state index in [1.807, 2.05) is 60.7 Å². The lowest BCUT2D eigenvalue weighted by atomic mass is 9.96. The van der Waals surface area contributed by atoms with Gasteiger partial charge in [0.25, 0.3) is 0 Å². The molecule has 1 heterocycles. The van der Waals surface area contributed by atoms with Crippen LogP contribution in [0.1, 0.15) is 21.5 Å².